The van der Waals surface area contributed by atoms with Crippen LogP contribution in [0.3, 0.4) is 0 Å². The maximum atomic E-state index is 11.6. The highest BCUT2D eigenvalue weighted by Gasteiger charge is 2.12. The second kappa shape index (κ2) is 5.60. The molecule has 6 nitrogen and oxygen atoms in total. The number of aromatic nitrogens is 4. The lowest BCUT2D eigenvalue weighted by Crippen LogP contribution is -2.23. The third-order valence-electron chi connectivity index (χ3n) is 3.03. The average Bonchev–Trinajstić information content (AvgIpc) is 2.84. The van der Waals surface area contributed by atoms with Gasteiger partial charge in [-0.15, -0.1) is 6.58 Å². The fourth-order valence-electron chi connectivity index (χ4n) is 2.03. The van der Waals surface area contributed by atoms with E-state index in [2.05, 4.69) is 27.0 Å². The lowest BCUT2D eigenvalue weighted by Gasteiger charge is -2.10. The van der Waals surface area contributed by atoms with Crippen LogP contribution in [0.4, 0.5) is 0 Å². The second-order valence-electron chi connectivity index (χ2n) is 4.33. The molecule has 19 heavy (non-hydrogen) atoms. The van der Waals surface area contributed by atoms with E-state index in [9.17, 15) is 4.79 Å². The van der Waals surface area contributed by atoms with Gasteiger partial charge in [0.05, 0.1) is 0 Å². The summed E-state index contributed by atoms with van der Waals surface area (Å²) >= 11 is 0. The number of fused-ring (bicyclic) bond motifs is 1. The summed E-state index contributed by atoms with van der Waals surface area (Å²) in [7, 11) is 0. The molecule has 1 amide bonds. The summed E-state index contributed by atoms with van der Waals surface area (Å²) in [5.74, 6) is 0.604. The van der Waals surface area contributed by atoms with Crippen LogP contribution in [-0.2, 0) is 11.2 Å². The van der Waals surface area contributed by atoms with Crippen molar-refractivity contribution < 1.29 is 4.79 Å². The van der Waals surface area contributed by atoms with E-state index in [-0.39, 0.29) is 5.91 Å². The minimum absolute atomic E-state index is 0.0115. The summed E-state index contributed by atoms with van der Waals surface area (Å²) in [6.07, 6.45) is 4.22. The van der Waals surface area contributed by atoms with Gasteiger partial charge in [0.2, 0.25) is 5.91 Å². The quantitative estimate of drug-likeness (QED) is 0.812. The molecule has 2 rings (SSSR count). The standard InChI is InChI=1S/C13H17N5O/c1-4-7-14-12(19)6-5-11-9(2)17-13-15-8-16-18(13)10(11)3/h4,8H,1,5-7H2,2-3H3,(H,14,19). The van der Waals surface area contributed by atoms with E-state index in [1.165, 1.54) is 6.33 Å². The molecular formula is C13H17N5O. The van der Waals surface area contributed by atoms with E-state index in [0.29, 0.717) is 25.2 Å². The predicted octanol–water partition coefficient (Wildman–Crippen LogP) is 0.976. The molecule has 0 fully saturated rings. The third-order valence-corrected chi connectivity index (χ3v) is 3.03. The molecule has 0 bridgehead atoms. The van der Waals surface area contributed by atoms with E-state index in [4.69, 9.17) is 0 Å². The summed E-state index contributed by atoms with van der Waals surface area (Å²) in [5.41, 5.74) is 2.93. The summed E-state index contributed by atoms with van der Waals surface area (Å²) in [6.45, 7) is 7.96. The Morgan fingerprint density at radius 2 is 2.32 bits per heavy atom. The topological polar surface area (TPSA) is 72.2 Å². The van der Waals surface area contributed by atoms with Crippen molar-refractivity contribution >= 4 is 11.7 Å². The van der Waals surface area contributed by atoms with Crippen molar-refractivity contribution in [1.82, 2.24) is 24.9 Å². The molecule has 0 atom stereocenters. The Labute approximate surface area is 111 Å². The summed E-state index contributed by atoms with van der Waals surface area (Å²) in [5, 5.41) is 6.89. The first-order valence-electron chi connectivity index (χ1n) is 6.17. The first-order chi connectivity index (χ1) is 9.13. The van der Waals surface area contributed by atoms with Gasteiger partial charge in [0.1, 0.15) is 6.33 Å². The van der Waals surface area contributed by atoms with Crippen LogP contribution in [0.25, 0.3) is 5.78 Å². The number of carbonyl (C=O) groups excluding carboxylic acids is 1. The number of hydrogen-bond acceptors (Lipinski definition) is 4. The molecule has 6 heteroatoms. The minimum atomic E-state index is 0.0115. The lowest BCUT2D eigenvalue weighted by molar-refractivity contribution is -0.120. The molecule has 0 unspecified atom stereocenters. The molecule has 0 radical (unpaired) electrons. The Kier molecular flexibility index (Phi) is 3.89. The number of carbonyl (C=O) groups is 1. The number of nitrogens with one attached hydrogen (secondary N) is 1. The van der Waals surface area contributed by atoms with Crippen LogP contribution in [0.5, 0.6) is 0 Å². The Balaban J connectivity index is 2.16. The molecule has 2 heterocycles. The number of aryl methyl sites for hydroxylation is 2. The highest BCUT2D eigenvalue weighted by Crippen LogP contribution is 2.14. The number of amides is 1. The monoisotopic (exact) mass is 259 g/mol. The molecule has 0 saturated heterocycles. The van der Waals surface area contributed by atoms with Crippen LogP contribution in [0.2, 0.25) is 0 Å². The van der Waals surface area contributed by atoms with Gasteiger partial charge in [-0.2, -0.15) is 10.1 Å². The van der Waals surface area contributed by atoms with Gasteiger partial charge >= 0.3 is 0 Å². The Morgan fingerprint density at radius 1 is 1.53 bits per heavy atom. The molecule has 100 valence electrons. The van der Waals surface area contributed by atoms with Crippen molar-refractivity contribution in [3.63, 3.8) is 0 Å². The zero-order chi connectivity index (χ0) is 13.8. The van der Waals surface area contributed by atoms with Gasteiger partial charge in [-0.05, 0) is 25.8 Å². The highest BCUT2D eigenvalue weighted by molar-refractivity contribution is 5.76. The van der Waals surface area contributed by atoms with E-state index in [1.807, 2.05) is 13.8 Å². The largest absolute Gasteiger partial charge is 0.353 e. The van der Waals surface area contributed by atoms with Crippen molar-refractivity contribution in [2.75, 3.05) is 6.54 Å². The van der Waals surface area contributed by atoms with Gasteiger partial charge in [0.15, 0.2) is 0 Å². The normalized spacial score (nSPS) is 10.6. The number of rotatable bonds is 5. The van der Waals surface area contributed by atoms with E-state index >= 15 is 0 Å². The molecule has 0 aliphatic heterocycles. The van der Waals surface area contributed by atoms with Crippen molar-refractivity contribution in [3.8, 4) is 0 Å². The summed E-state index contributed by atoms with van der Waals surface area (Å²) < 4.78 is 1.70. The van der Waals surface area contributed by atoms with Crippen molar-refractivity contribution in [2.45, 2.75) is 26.7 Å². The fourth-order valence-corrected chi connectivity index (χ4v) is 2.03. The zero-order valence-corrected chi connectivity index (χ0v) is 11.2. The van der Waals surface area contributed by atoms with Gasteiger partial charge < -0.3 is 5.32 Å². The lowest BCUT2D eigenvalue weighted by atomic mass is 10.1. The Bertz CT molecular complexity index is 617. The van der Waals surface area contributed by atoms with Gasteiger partial charge in [-0.25, -0.2) is 9.50 Å². The van der Waals surface area contributed by atoms with Crippen molar-refractivity contribution in [2.24, 2.45) is 0 Å². The maximum Gasteiger partial charge on any atom is 0.252 e. The summed E-state index contributed by atoms with van der Waals surface area (Å²) in [6, 6.07) is 0. The van der Waals surface area contributed by atoms with Crippen LogP contribution in [0.15, 0.2) is 19.0 Å². The summed E-state index contributed by atoms with van der Waals surface area (Å²) in [4.78, 5) is 20.0. The molecule has 0 aliphatic rings. The van der Waals surface area contributed by atoms with Crippen LogP contribution in [0, 0.1) is 13.8 Å². The SMILES string of the molecule is C=CCNC(=O)CCc1c(C)nc2ncnn2c1C. The number of hydrogen-bond donors (Lipinski definition) is 1. The van der Waals surface area contributed by atoms with Crippen LogP contribution >= 0.6 is 0 Å². The van der Waals surface area contributed by atoms with Crippen LogP contribution < -0.4 is 5.32 Å². The number of nitrogens with zero attached hydrogens (tertiary/aromatic N) is 4. The molecule has 0 spiro atoms. The highest BCUT2D eigenvalue weighted by atomic mass is 16.1. The van der Waals surface area contributed by atoms with Crippen LogP contribution in [0.1, 0.15) is 23.4 Å². The molecule has 0 saturated carbocycles. The van der Waals surface area contributed by atoms with Crippen molar-refractivity contribution in [1.29, 1.82) is 0 Å². The predicted molar refractivity (Wildman–Crippen MR) is 71.8 cm³/mol. The zero-order valence-electron chi connectivity index (χ0n) is 11.2. The maximum absolute atomic E-state index is 11.6. The molecule has 0 aromatic carbocycles. The van der Waals surface area contributed by atoms with Crippen molar-refractivity contribution in [3.05, 3.63) is 35.9 Å². The molecule has 2 aromatic heterocycles. The molecular weight excluding hydrogens is 242 g/mol. The van der Waals surface area contributed by atoms with Gasteiger partial charge in [0.25, 0.3) is 5.78 Å². The second-order valence-corrected chi connectivity index (χ2v) is 4.33. The Morgan fingerprint density at radius 3 is 3.05 bits per heavy atom. The van der Waals surface area contributed by atoms with Gasteiger partial charge in [-0.1, -0.05) is 6.08 Å². The van der Waals surface area contributed by atoms with Gasteiger partial charge in [0, 0.05) is 24.4 Å². The van der Waals surface area contributed by atoms with Gasteiger partial charge in [-0.3, -0.25) is 4.79 Å². The fraction of sp³-hybridized carbons (Fsp3) is 0.385. The van der Waals surface area contributed by atoms with E-state index < -0.39 is 0 Å². The molecule has 1 N–H and O–H groups in total. The first kappa shape index (κ1) is 13.2. The third kappa shape index (κ3) is 2.78. The minimum Gasteiger partial charge on any atom is -0.353 e. The first-order valence-corrected chi connectivity index (χ1v) is 6.17. The Hall–Kier alpha value is -2.24. The smallest absolute Gasteiger partial charge is 0.252 e. The molecule has 0 aliphatic carbocycles. The average molecular weight is 259 g/mol. The van der Waals surface area contributed by atoms with E-state index in [1.54, 1.807) is 10.6 Å². The molecule has 2 aromatic rings. The van der Waals surface area contributed by atoms with E-state index in [0.717, 1.165) is 17.0 Å². The van der Waals surface area contributed by atoms with Crippen LogP contribution in [-0.4, -0.2) is 32.0 Å².